The number of rotatable bonds is 2. The van der Waals surface area contributed by atoms with Gasteiger partial charge in [0.15, 0.2) is 0 Å². The molecule has 82 valence electrons. The lowest BCUT2D eigenvalue weighted by Crippen LogP contribution is -2.21. The quantitative estimate of drug-likeness (QED) is 0.801. The van der Waals surface area contributed by atoms with Crippen LogP contribution in [0.15, 0.2) is 33.9 Å². The number of aromatic amines is 2. The van der Waals surface area contributed by atoms with E-state index in [9.17, 15) is 9.59 Å². The minimum absolute atomic E-state index is 0.357. The zero-order valence-electron chi connectivity index (χ0n) is 8.91. The van der Waals surface area contributed by atoms with E-state index in [1.165, 1.54) is 0 Å². The summed E-state index contributed by atoms with van der Waals surface area (Å²) in [5, 5.41) is 0.494. The van der Waals surface area contributed by atoms with Crippen LogP contribution in [0.3, 0.4) is 0 Å². The number of allylic oxidation sites excluding steroid dienone is 1. The van der Waals surface area contributed by atoms with Gasteiger partial charge in [-0.15, -0.1) is 0 Å². The standard InChI is InChI=1S/C12H12N2O2/c1-2-3-4-8-5-6-9-10(7-8)13-12(16)14-11(9)15/h3-7H,2H2,1H3,(H2,13,14,15,16)/b4-3+. The Hall–Kier alpha value is -2.10. The van der Waals surface area contributed by atoms with Gasteiger partial charge in [-0.3, -0.25) is 9.78 Å². The van der Waals surface area contributed by atoms with Gasteiger partial charge in [0.1, 0.15) is 0 Å². The number of hydrogen-bond donors (Lipinski definition) is 2. The Balaban J connectivity index is 2.66. The topological polar surface area (TPSA) is 65.7 Å². The number of fused-ring (bicyclic) bond motifs is 1. The van der Waals surface area contributed by atoms with Crippen molar-refractivity contribution in [3.05, 3.63) is 50.7 Å². The first-order valence-corrected chi connectivity index (χ1v) is 5.13. The summed E-state index contributed by atoms with van der Waals surface area (Å²) in [5.74, 6) is 0. The van der Waals surface area contributed by atoms with Gasteiger partial charge in [-0.1, -0.05) is 25.1 Å². The van der Waals surface area contributed by atoms with Crippen LogP contribution < -0.4 is 11.2 Å². The molecule has 1 heterocycles. The van der Waals surface area contributed by atoms with Crippen molar-refractivity contribution >= 4 is 17.0 Å². The molecule has 0 amide bonds. The average Bonchev–Trinajstić information content (AvgIpc) is 2.25. The molecule has 0 atom stereocenters. The van der Waals surface area contributed by atoms with Gasteiger partial charge in [0.2, 0.25) is 0 Å². The predicted molar refractivity (Wildman–Crippen MR) is 64.5 cm³/mol. The fourth-order valence-electron chi connectivity index (χ4n) is 1.54. The molecule has 0 bridgehead atoms. The Morgan fingerprint density at radius 2 is 2.06 bits per heavy atom. The summed E-state index contributed by atoms with van der Waals surface area (Å²) in [6.45, 7) is 2.05. The van der Waals surface area contributed by atoms with Crippen LogP contribution in [-0.4, -0.2) is 9.97 Å². The van der Waals surface area contributed by atoms with Crippen LogP contribution in [0.1, 0.15) is 18.9 Å². The number of aromatic nitrogens is 2. The van der Waals surface area contributed by atoms with E-state index in [0.717, 1.165) is 12.0 Å². The van der Waals surface area contributed by atoms with Crippen molar-refractivity contribution in [3.8, 4) is 0 Å². The van der Waals surface area contributed by atoms with Gasteiger partial charge in [-0.05, 0) is 24.1 Å². The second kappa shape index (κ2) is 4.18. The fourth-order valence-corrected chi connectivity index (χ4v) is 1.54. The molecule has 0 aliphatic heterocycles. The first kappa shape index (κ1) is 10.4. The minimum Gasteiger partial charge on any atom is -0.307 e. The molecule has 1 aromatic heterocycles. The van der Waals surface area contributed by atoms with E-state index in [1.807, 2.05) is 25.1 Å². The summed E-state index contributed by atoms with van der Waals surface area (Å²) in [7, 11) is 0. The molecule has 16 heavy (non-hydrogen) atoms. The van der Waals surface area contributed by atoms with Crippen LogP contribution in [0, 0.1) is 0 Å². The van der Waals surface area contributed by atoms with Crippen molar-refractivity contribution in [1.82, 2.24) is 9.97 Å². The van der Waals surface area contributed by atoms with Crippen molar-refractivity contribution < 1.29 is 0 Å². The van der Waals surface area contributed by atoms with Gasteiger partial charge < -0.3 is 4.98 Å². The molecule has 4 heteroatoms. The summed E-state index contributed by atoms with van der Waals surface area (Å²) in [6.07, 6.45) is 4.93. The summed E-state index contributed by atoms with van der Waals surface area (Å²) in [6, 6.07) is 5.35. The molecule has 2 rings (SSSR count). The Morgan fingerprint density at radius 3 is 2.81 bits per heavy atom. The first-order valence-electron chi connectivity index (χ1n) is 5.13. The van der Waals surface area contributed by atoms with Crippen LogP contribution in [0.2, 0.25) is 0 Å². The van der Waals surface area contributed by atoms with E-state index in [4.69, 9.17) is 0 Å². The molecule has 0 radical (unpaired) electrons. The monoisotopic (exact) mass is 216 g/mol. The molecule has 0 aliphatic carbocycles. The van der Waals surface area contributed by atoms with Crippen molar-refractivity contribution in [2.45, 2.75) is 13.3 Å². The minimum atomic E-state index is -0.478. The van der Waals surface area contributed by atoms with Gasteiger partial charge in [0.25, 0.3) is 5.56 Å². The Morgan fingerprint density at radius 1 is 1.25 bits per heavy atom. The van der Waals surface area contributed by atoms with Crippen LogP contribution in [-0.2, 0) is 0 Å². The smallest absolute Gasteiger partial charge is 0.307 e. The van der Waals surface area contributed by atoms with E-state index in [0.29, 0.717) is 10.9 Å². The molecule has 0 aliphatic rings. The molecular formula is C12H12N2O2. The van der Waals surface area contributed by atoms with Crippen molar-refractivity contribution in [1.29, 1.82) is 0 Å². The Bertz CT molecular complexity index is 650. The first-order chi connectivity index (χ1) is 7.70. The summed E-state index contributed by atoms with van der Waals surface area (Å²) >= 11 is 0. The fraction of sp³-hybridized carbons (Fsp3) is 0.167. The lowest BCUT2D eigenvalue weighted by Gasteiger charge is -1.98. The van der Waals surface area contributed by atoms with E-state index >= 15 is 0 Å². The molecule has 0 saturated heterocycles. The third-order valence-corrected chi connectivity index (χ3v) is 2.31. The maximum Gasteiger partial charge on any atom is 0.326 e. The molecule has 0 unspecified atom stereocenters. The number of nitrogens with one attached hydrogen (secondary N) is 2. The van der Waals surface area contributed by atoms with Crippen LogP contribution >= 0.6 is 0 Å². The molecule has 0 spiro atoms. The van der Waals surface area contributed by atoms with Crippen LogP contribution in [0.25, 0.3) is 17.0 Å². The average molecular weight is 216 g/mol. The highest BCUT2D eigenvalue weighted by Gasteiger charge is 1.99. The summed E-state index contributed by atoms with van der Waals surface area (Å²) < 4.78 is 0. The maximum atomic E-state index is 11.4. The zero-order valence-corrected chi connectivity index (χ0v) is 8.91. The van der Waals surface area contributed by atoms with Crippen molar-refractivity contribution in [3.63, 3.8) is 0 Å². The molecule has 4 nitrogen and oxygen atoms in total. The van der Waals surface area contributed by atoms with Crippen molar-refractivity contribution in [2.24, 2.45) is 0 Å². The van der Waals surface area contributed by atoms with Gasteiger partial charge >= 0.3 is 5.69 Å². The Kier molecular flexibility index (Phi) is 2.72. The van der Waals surface area contributed by atoms with E-state index < -0.39 is 5.69 Å². The van der Waals surface area contributed by atoms with E-state index in [1.54, 1.807) is 12.1 Å². The number of hydrogen-bond acceptors (Lipinski definition) is 2. The zero-order chi connectivity index (χ0) is 11.5. The molecule has 2 N–H and O–H groups in total. The summed E-state index contributed by atoms with van der Waals surface area (Å²) in [4.78, 5) is 27.3. The highest BCUT2D eigenvalue weighted by atomic mass is 16.2. The lowest BCUT2D eigenvalue weighted by molar-refractivity contribution is 1.08. The van der Waals surface area contributed by atoms with Crippen LogP contribution in [0.5, 0.6) is 0 Å². The molecule has 0 saturated carbocycles. The Labute approximate surface area is 91.6 Å². The largest absolute Gasteiger partial charge is 0.326 e. The summed E-state index contributed by atoms with van der Waals surface area (Å²) in [5.41, 5.74) is 0.696. The second-order valence-electron chi connectivity index (χ2n) is 3.52. The normalized spacial score (nSPS) is 11.3. The lowest BCUT2D eigenvalue weighted by atomic mass is 10.1. The van der Waals surface area contributed by atoms with Gasteiger partial charge in [-0.2, -0.15) is 0 Å². The van der Waals surface area contributed by atoms with E-state index in [2.05, 4.69) is 9.97 Å². The highest BCUT2D eigenvalue weighted by Crippen LogP contribution is 2.10. The predicted octanol–water partition coefficient (Wildman–Crippen LogP) is 1.64. The maximum absolute atomic E-state index is 11.4. The van der Waals surface area contributed by atoms with E-state index in [-0.39, 0.29) is 5.56 Å². The second-order valence-corrected chi connectivity index (χ2v) is 3.52. The van der Waals surface area contributed by atoms with Crippen molar-refractivity contribution in [2.75, 3.05) is 0 Å². The third kappa shape index (κ3) is 1.95. The molecular weight excluding hydrogens is 204 g/mol. The van der Waals surface area contributed by atoms with Gasteiger partial charge in [-0.25, -0.2) is 4.79 Å². The highest BCUT2D eigenvalue weighted by molar-refractivity contribution is 5.79. The molecule has 1 aromatic carbocycles. The molecule has 2 aromatic rings. The number of H-pyrrole nitrogens is 2. The molecule has 0 fully saturated rings. The van der Waals surface area contributed by atoms with Gasteiger partial charge in [0, 0.05) is 0 Å². The van der Waals surface area contributed by atoms with Crippen LogP contribution in [0.4, 0.5) is 0 Å². The number of benzene rings is 1. The van der Waals surface area contributed by atoms with Gasteiger partial charge in [0.05, 0.1) is 10.9 Å². The SMILES string of the molecule is CC/C=C/c1ccc2c(=O)[nH]c(=O)[nH]c2c1. The third-order valence-electron chi connectivity index (χ3n) is 2.31.